The van der Waals surface area contributed by atoms with Gasteiger partial charge in [-0.1, -0.05) is 15.9 Å². The molecular weight excluding hydrogens is 593 g/mol. The molecule has 1 amide bonds. The number of methoxy groups -OCH3 is 1. The first kappa shape index (κ1) is 20.4. The summed E-state index contributed by atoms with van der Waals surface area (Å²) in [7, 11) is 1.55. The number of anilines is 1. The zero-order valence-corrected chi connectivity index (χ0v) is 19.4. The van der Waals surface area contributed by atoms with Gasteiger partial charge in [0.15, 0.2) is 0 Å². The van der Waals surface area contributed by atoms with Crippen LogP contribution < -0.4 is 10.1 Å². The van der Waals surface area contributed by atoms with Crippen molar-refractivity contribution in [3.63, 3.8) is 0 Å². The van der Waals surface area contributed by atoms with Gasteiger partial charge in [-0.05, 0) is 74.9 Å². The van der Waals surface area contributed by atoms with Crippen LogP contribution in [0.5, 0.6) is 5.75 Å². The Balaban J connectivity index is 1.89. The zero-order chi connectivity index (χ0) is 19.6. The number of nitrogens with one attached hydrogen (secondary N) is 1. The molecule has 27 heavy (non-hydrogen) atoms. The highest BCUT2D eigenvalue weighted by molar-refractivity contribution is 14.1. The first-order chi connectivity index (χ1) is 12.9. The summed E-state index contributed by atoms with van der Waals surface area (Å²) >= 11 is 8.98. The second-order valence-corrected chi connectivity index (χ2v) is 8.39. The van der Waals surface area contributed by atoms with Crippen LogP contribution in [0.15, 0.2) is 55.8 Å². The van der Waals surface area contributed by atoms with E-state index < -0.39 is 0 Å². The van der Waals surface area contributed by atoms with Crippen LogP contribution in [0.2, 0.25) is 0 Å². The molecule has 1 aromatic heterocycles. The first-order valence-electron chi connectivity index (χ1n) is 7.76. The van der Waals surface area contributed by atoms with Gasteiger partial charge in [-0.25, -0.2) is 0 Å². The normalized spacial score (nSPS) is 10.7. The fourth-order valence-electron chi connectivity index (χ4n) is 2.50. The second kappa shape index (κ2) is 8.76. The molecule has 0 aliphatic heterocycles. The van der Waals surface area contributed by atoms with E-state index in [1.165, 1.54) is 0 Å². The van der Waals surface area contributed by atoms with E-state index >= 15 is 0 Å². The molecule has 3 aromatic rings. The second-order valence-electron chi connectivity index (χ2n) is 5.54. The Bertz CT molecular complexity index is 1000. The van der Waals surface area contributed by atoms with Crippen LogP contribution in [0.25, 0.3) is 11.3 Å². The molecule has 0 unspecified atom stereocenters. The summed E-state index contributed by atoms with van der Waals surface area (Å²) in [4.78, 5) is 12.7. The van der Waals surface area contributed by atoms with Gasteiger partial charge in [0.25, 0.3) is 5.91 Å². The highest BCUT2D eigenvalue weighted by atomic mass is 127. The van der Waals surface area contributed by atoms with E-state index in [4.69, 9.17) is 14.3 Å². The van der Waals surface area contributed by atoms with Gasteiger partial charge in [-0.3, -0.25) is 4.79 Å². The third kappa shape index (κ3) is 4.56. The maximum atomic E-state index is 12.7. The van der Waals surface area contributed by atoms with Crippen LogP contribution in [-0.4, -0.2) is 18.1 Å². The number of hydrogen-bond acceptors (Lipinski definition) is 4. The van der Waals surface area contributed by atoms with Crippen molar-refractivity contribution in [2.75, 3.05) is 12.4 Å². The van der Waals surface area contributed by atoms with E-state index in [1.807, 2.05) is 6.07 Å². The van der Waals surface area contributed by atoms with Gasteiger partial charge >= 0.3 is 0 Å². The quantitative estimate of drug-likeness (QED) is 0.283. The molecule has 0 atom stereocenters. The molecule has 0 aliphatic rings. The first-order valence-corrected chi connectivity index (χ1v) is 10.4. The van der Waals surface area contributed by atoms with Crippen LogP contribution >= 0.6 is 54.5 Å². The number of ether oxygens (including phenoxy) is 1. The average Bonchev–Trinajstić information content (AvgIpc) is 3.13. The van der Waals surface area contributed by atoms with E-state index in [-0.39, 0.29) is 12.5 Å². The number of hydrogen-bond donors (Lipinski definition) is 2. The predicted octanol–water partition coefficient (Wildman–Crippen LogP) is 5.83. The maximum Gasteiger partial charge on any atom is 0.256 e. The SMILES string of the molecule is COc1cc(NC(=O)c2cc(Br)cc(Br)c2I)ccc1-c1ccc(CO)o1. The van der Waals surface area contributed by atoms with Crippen molar-refractivity contribution in [2.24, 2.45) is 0 Å². The van der Waals surface area contributed by atoms with Crippen molar-refractivity contribution < 1.29 is 19.1 Å². The van der Waals surface area contributed by atoms with Crippen molar-refractivity contribution in [3.05, 3.63) is 66.3 Å². The van der Waals surface area contributed by atoms with Crippen molar-refractivity contribution in [1.82, 2.24) is 0 Å². The third-order valence-corrected chi connectivity index (χ3v) is 6.77. The minimum Gasteiger partial charge on any atom is -0.496 e. The molecule has 5 nitrogen and oxygen atoms in total. The molecule has 140 valence electrons. The Hall–Kier alpha value is -1.36. The Morgan fingerprint density at radius 3 is 2.67 bits per heavy atom. The van der Waals surface area contributed by atoms with Crippen molar-refractivity contribution in [1.29, 1.82) is 0 Å². The summed E-state index contributed by atoms with van der Waals surface area (Å²) in [6.07, 6.45) is 0. The smallest absolute Gasteiger partial charge is 0.256 e. The van der Waals surface area contributed by atoms with Crippen molar-refractivity contribution in [3.8, 4) is 17.1 Å². The number of furan rings is 1. The van der Waals surface area contributed by atoms with Crippen molar-refractivity contribution >= 4 is 66.0 Å². The molecule has 3 rings (SSSR count). The van der Waals surface area contributed by atoms with Crippen LogP contribution in [0, 0.1) is 3.57 Å². The van der Waals surface area contributed by atoms with Gasteiger partial charge in [0, 0.05) is 24.3 Å². The lowest BCUT2D eigenvalue weighted by atomic mass is 10.1. The number of carbonyl (C=O) groups is 1. The lowest BCUT2D eigenvalue weighted by molar-refractivity contribution is 0.102. The number of aliphatic hydroxyl groups is 1. The van der Waals surface area contributed by atoms with Crippen LogP contribution in [-0.2, 0) is 6.61 Å². The number of halogens is 3. The fourth-order valence-corrected chi connectivity index (χ4v) is 4.28. The van der Waals surface area contributed by atoms with Gasteiger partial charge in [-0.2, -0.15) is 0 Å². The topological polar surface area (TPSA) is 71.7 Å². The van der Waals surface area contributed by atoms with E-state index in [9.17, 15) is 4.79 Å². The Morgan fingerprint density at radius 2 is 2.00 bits per heavy atom. The molecule has 0 aliphatic carbocycles. The lowest BCUT2D eigenvalue weighted by Crippen LogP contribution is -2.14. The summed E-state index contributed by atoms with van der Waals surface area (Å²) in [5.41, 5.74) is 1.88. The van der Waals surface area contributed by atoms with Crippen molar-refractivity contribution in [2.45, 2.75) is 6.61 Å². The molecule has 0 bridgehead atoms. The molecular formula is C19H14Br2INO4. The maximum absolute atomic E-state index is 12.7. The predicted molar refractivity (Wildman–Crippen MR) is 119 cm³/mol. The molecule has 0 fully saturated rings. The molecule has 0 radical (unpaired) electrons. The Morgan fingerprint density at radius 1 is 1.22 bits per heavy atom. The van der Waals surface area contributed by atoms with Gasteiger partial charge in [0.2, 0.25) is 0 Å². The van der Waals surface area contributed by atoms with E-state index in [2.05, 4.69) is 59.8 Å². The Labute approximate surface area is 186 Å². The molecule has 0 spiro atoms. The van der Waals surface area contributed by atoms with E-state index in [1.54, 1.807) is 43.5 Å². The number of rotatable bonds is 5. The monoisotopic (exact) mass is 605 g/mol. The minimum absolute atomic E-state index is 0.169. The van der Waals surface area contributed by atoms with E-state index in [0.29, 0.717) is 28.5 Å². The van der Waals surface area contributed by atoms with Crippen LogP contribution in [0.3, 0.4) is 0 Å². The molecule has 0 saturated carbocycles. The zero-order valence-electron chi connectivity index (χ0n) is 14.1. The molecule has 2 N–H and O–H groups in total. The van der Waals surface area contributed by atoms with E-state index in [0.717, 1.165) is 18.1 Å². The lowest BCUT2D eigenvalue weighted by Gasteiger charge is -2.12. The fraction of sp³-hybridized carbons (Fsp3) is 0.105. The van der Waals surface area contributed by atoms with Gasteiger partial charge < -0.3 is 19.6 Å². The largest absolute Gasteiger partial charge is 0.496 e. The number of amides is 1. The summed E-state index contributed by atoms with van der Waals surface area (Å²) in [5, 5.41) is 12.0. The highest BCUT2D eigenvalue weighted by Crippen LogP contribution is 2.34. The number of aliphatic hydroxyl groups excluding tert-OH is 1. The van der Waals surface area contributed by atoms with Gasteiger partial charge in [0.1, 0.15) is 23.9 Å². The molecule has 1 heterocycles. The number of benzene rings is 2. The van der Waals surface area contributed by atoms with Crippen LogP contribution in [0.4, 0.5) is 5.69 Å². The highest BCUT2D eigenvalue weighted by Gasteiger charge is 2.16. The molecule has 8 heteroatoms. The average molecular weight is 607 g/mol. The summed E-state index contributed by atoms with van der Waals surface area (Å²) in [6.45, 7) is -0.169. The molecule has 0 saturated heterocycles. The number of carbonyl (C=O) groups excluding carboxylic acids is 1. The summed E-state index contributed by atoms with van der Waals surface area (Å²) in [6, 6.07) is 12.4. The summed E-state index contributed by atoms with van der Waals surface area (Å²) < 4.78 is 13.5. The van der Waals surface area contributed by atoms with Gasteiger partial charge in [-0.15, -0.1) is 0 Å². The minimum atomic E-state index is -0.225. The Kier molecular flexibility index (Phi) is 6.61. The molecule has 2 aromatic carbocycles. The summed E-state index contributed by atoms with van der Waals surface area (Å²) in [5.74, 6) is 1.38. The van der Waals surface area contributed by atoms with Crippen LogP contribution in [0.1, 0.15) is 16.1 Å². The standard InChI is InChI=1S/C19H14Br2INO4/c1-26-17-8-11(2-4-13(17)16-5-3-12(9-24)27-16)23-19(25)14-6-10(20)7-15(21)18(14)22/h2-8,24H,9H2,1H3,(H,23,25). The third-order valence-electron chi connectivity index (χ3n) is 3.78. The van der Waals surface area contributed by atoms with Gasteiger partial charge in [0.05, 0.1) is 18.2 Å².